The van der Waals surface area contributed by atoms with Crippen molar-refractivity contribution in [1.82, 2.24) is 4.98 Å². The fraction of sp³-hybridized carbons (Fsp3) is 0.111. The Labute approximate surface area is 173 Å². The Morgan fingerprint density at radius 1 is 1.27 bits per heavy atom. The summed E-state index contributed by atoms with van der Waals surface area (Å²) in [6.07, 6.45) is 1.67. The number of anilines is 1. The molecule has 8 heteroatoms. The average Bonchev–Trinajstić information content (AvgIpc) is 3.10. The van der Waals surface area contributed by atoms with E-state index in [0.717, 1.165) is 5.56 Å². The lowest BCUT2D eigenvalue weighted by Gasteiger charge is -2.08. The first-order valence-corrected chi connectivity index (χ1v) is 7.94. The zero-order chi connectivity index (χ0) is 17.6. The maximum atomic E-state index is 6.08. The van der Waals surface area contributed by atoms with Gasteiger partial charge in [0.15, 0.2) is 11.7 Å². The maximum absolute atomic E-state index is 6.08. The van der Waals surface area contributed by atoms with E-state index in [9.17, 15) is 0 Å². The van der Waals surface area contributed by atoms with Crippen molar-refractivity contribution < 1.29 is 9.15 Å². The highest BCUT2D eigenvalue weighted by Gasteiger charge is 2.06. The molecule has 0 atom stereocenters. The molecule has 0 spiro atoms. The van der Waals surface area contributed by atoms with Crippen LogP contribution in [0.3, 0.4) is 0 Å². The number of ether oxygens (including phenoxy) is 1. The third-order valence-electron chi connectivity index (χ3n) is 3.42. The number of rotatable bonds is 5. The van der Waals surface area contributed by atoms with Crippen molar-refractivity contribution in [2.45, 2.75) is 6.54 Å². The second-order valence-corrected chi connectivity index (χ2v) is 5.57. The molecule has 0 fully saturated rings. The Kier molecular flexibility index (Phi) is 7.28. The molecule has 136 valence electrons. The lowest BCUT2D eigenvalue weighted by Crippen LogP contribution is -2.22. The van der Waals surface area contributed by atoms with Crippen molar-refractivity contribution in [2.24, 2.45) is 10.7 Å². The number of nitrogens with two attached hydrogens (primary N) is 1. The molecule has 0 aliphatic heterocycles. The Hall–Kier alpha value is -2.26. The molecule has 1 aromatic heterocycles. The van der Waals surface area contributed by atoms with Crippen LogP contribution in [0.5, 0.6) is 5.75 Å². The minimum absolute atomic E-state index is 0. The van der Waals surface area contributed by atoms with Gasteiger partial charge in [-0.05, 0) is 18.2 Å². The van der Waals surface area contributed by atoms with Crippen LogP contribution in [-0.4, -0.2) is 18.1 Å². The van der Waals surface area contributed by atoms with E-state index in [1.807, 2.05) is 30.3 Å². The summed E-state index contributed by atoms with van der Waals surface area (Å²) in [5.74, 6) is 2.01. The molecule has 3 rings (SSSR count). The number of halogens is 2. The van der Waals surface area contributed by atoms with E-state index < -0.39 is 0 Å². The molecule has 0 aliphatic carbocycles. The van der Waals surface area contributed by atoms with Crippen LogP contribution in [0, 0.1) is 0 Å². The lowest BCUT2D eigenvalue weighted by molar-refractivity contribution is 0.415. The molecular formula is C18H18ClIN4O2. The van der Waals surface area contributed by atoms with Crippen LogP contribution < -0.4 is 15.8 Å². The van der Waals surface area contributed by atoms with Gasteiger partial charge in [0.1, 0.15) is 12.3 Å². The van der Waals surface area contributed by atoms with E-state index >= 15 is 0 Å². The number of methoxy groups -OCH3 is 1. The van der Waals surface area contributed by atoms with Gasteiger partial charge in [-0.25, -0.2) is 9.98 Å². The second kappa shape index (κ2) is 9.44. The van der Waals surface area contributed by atoms with Crippen molar-refractivity contribution >= 4 is 47.2 Å². The number of hydrogen-bond donors (Lipinski definition) is 2. The van der Waals surface area contributed by atoms with Crippen LogP contribution in [0.15, 0.2) is 64.1 Å². The molecule has 0 bridgehead atoms. The minimum Gasteiger partial charge on any atom is -0.495 e. The van der Waals surface area contributed by atoms with E-state index in [4.69, 9.17) is 26.5 Å². The highest BCUT2D eigenvalue weighted by atomic mass is 127. The van der Waals surface area contributed by atoms with E-state index in [1.54, 1.807) is 31.5 Å². The largest absolute Gasteiger partial charge is 0.495 e. The van der Waals surface area contributed by atoms with Crippen LogP contribution in [0.4, 0.5) is 5.69 Å². The van der Waals surface area contributed by atoms with Gasteiger partial charge in [0, 0.05) is 11.3 Å². The highest BCUT2D eigenvalue weighted by Crippen LogP contribution is 2.27. The van der Waals surface area contributed by atoms with Gasteiger partial charge in [0.25, 0.3) is 0 Å². The average molecular weight is 485 g/mol. The number of oxazole rings is 1. The summed E-state index contributed by atoms with van der Waals surface area (Å²) in [7, 11) is 1.56. The third-order valence-corrected chi connectivity index (χ3v) is 3.72. The Balaban J connectivity index is 0.00000243. The van der Waals surface area contributed by atoms with Gasteiger partial charge in [0.05, 0.1) is 18.3 Å². The molecule has 0 saturated heterocycles. The Bertz CT molecular complexity index is 884. The maximum Gasteiger partial charge on any atom is 0.216 e. The Morgan fingerprint density at radius 3 is 2.73 bits per heavy atom. The number of hydrogen-bond acceptors (Lipinski definition) is 4. The molecule has 0 amide bonds. The van der Waals surface area contributed by atoms with Crippen LogP contribution >= 0.6 is 35.6 Å². The first kappa shape index (κ1) is 20.1. The number of aliphatic imine (C=N–C) groups is 1. The van der Waals surface area contributed by atoms with Crippen LogP contribution in [0.1, 0.15) is 5.89 Å². The van der Waals surface area contributed by atoms with Crippen LogP contribution in [0.25, 0.3) is 11.3 Å². The Morgan fingerprint density at radius 2 is 2.04 bits per heavy atom. The molecule has 3 N–H and O–H groups in total. The quantitative estimate of drug-likeness (QED) is 0.315. The van der Waals surface area contributed by atoms with Crippen molar-refractivity contribution in [3.8, 4) is 17.1 Å². The zero-order valence-electron chi connectivity index (χ0n) is 14.0. The zero-order valence-corrected chi connectivity index (χ0v) is 17.1. The van der Waals surface area contributed by atoms with Gasteiger partial charge in [-0.15, -0.1) is 24.0 Å². The summed E-state index contributed by atoms with van der Waals surface area (Å²) in [6, 6.07) is 15.0. The van der Waals surface area contributed by atoms with E-state index in [2.05, 4.69) is 15.3 Å². The predicted octanol–water partition coefficient (Wildman–Crippen LogP) is 4.55. The van der Waals surface area contributed by atoms with E-state index in [0.29, 0.717) is 28.1 Å². The third kappa shape index (κ3) is 5.12. The molecule has 26 heavy (non-hydrogen) atoms. The molecule has 0 unspecified atom stereocenters. The van der Waals surface area contributed by atoms with E-state index in [-0.39, 0.29) is 36.5 Å². The summed E-state index contributed by atoms with van der Waals surface area (Å²) < 4.78 is 10.8. The van der Waals surface area contributed by atoms with E-state index in [1.165, 1.54) is 0 Å². The summed E-state index contributed by atoms with van der Waals surface area (Å²) in [6.45, 7) is 0.232. The summed E-state index contributed by atoms with van der Waals surface area (Å²) in [5, 5.41) is 3.45. The fourth-order valence-corrected chi connectivity index (χ4v) is 2.46. The summed E-state index contributed by atoms with van der Waals surface area (Å²) in [4.78, 5) is 8.44. The van der Waals surface area contributed by atoms with Crippen molar-refractivity contribution in [1.29, 1.82) is 0 Å². The molecule has 6 nitrogen and oxygen atoms in total. The molecular weight excluding hydrogens is 467 g/mol. The highest BCUT2D eigenvalue weighted by molar-refractivity contribution is 14.0. The second-order valence-electron chi connectivity index (χ2n) is 5.16. The number of nitrogens with one attached hydrogen (secondary N) is 1. The lowest BCUT2D eigenvalue weighted by atomic mass is 10.2. The van der Waals surface area contributed by atoms with Crippen LogP contribution in [-0.2, 0) is 6.54 Å². The van der Waals surface area contributed by atoms with Crippen molar-refractivity contribution in [3.63, 3.8) is 0 Å². The van der Waals surface area contributed by atoms with Crippen molar-refractivity contribution in [2.75, 3.05) is 12.4 Å². The van der Waals surface area contributed by atoms with Gasteiger partial charge in [-0.1, -0.05) is 41.9 Å². The van der Waals surface area contributed by atoms with Crippen molar-refractivity contribution in [3.05, 3.63) is 65.6 Å². The standard InChI is InChI=1S/C18H17ClN4O2.HI/c1-24-15-8-7-13(9-14(15)19)23-18(20)22-11-17-21-10-16(25-17)12-5-3-2-4-6-12;/h2-10H,11H2,1H3,(H3,20,22,23);1H. The topological polar surface area (TPSA) is 85.7 Å². The normalized spacial score (nSPS) is 10.9. The number of aromatic nitrogens is 1. The van der Waals surface area contributed by atoms with Gasteiger partial charge in [-0.3, -0.25) is 0 Å². The van der Waals surface area contributed by atoms with Crippen LogP contribution in [0.2, 0.25) is 5.02 Å². The smallest absolute Gasteiger partial charge is 0.216 e. The van der Waals surface area contributed by atoms with Gasteiger partial charge in [0.2, 0.25) is 5.89 Å². The molecule has 1 heterocycles. The SMILES string of the molecule is COc1ccc(NC(N)=NCc2ncc(-c3ccccc3)o2)cc1Cl.I. The minimum atomic E-state index is 0. The predicted molar refractivity (Wildman–Crippen MR) is 114 cm³/mol. The molecule has 0 radical (unpaired) electrons. The number of nitrogens with zero attached hydrogens (tertiary/aromatic N) is 2. The molecule has 0 aliphatic rings. The molecule has 2 aromatic carbocycles. The first-order valence-electron chi connectivity index (χ1n) is 7.56. The monoisotopic (exact) mass is 484 g/mol. The number of benzene rings is 2. The first-order chi connectivity index (χ1) is 12.2. The summed E-state index contributed by atoms with van der Waals surface area (Å²) >= 11 is 6.08. The molecule has 3 aromatic rings. The fourth-order valence-electron chi connectivity index (χ4n) is 2.20. The van der Waals surface area contributed by atoms with Gasteiger partial charge in [-0.2, -0.15) is 0 Å². The van der Waals surface area contributed by atoms with Gasteiger partial charge < -0.3 is 20.2 Å². The summed E-state index contributed by atoms with van der Waals surface area (Å²) in [5.41, 5.74) is 7.56. The molecule has 0 saturated carbocycles. The van der Waals surface area contributed by atoms with Gasteiger partial charge >= 0.3 is 0 Å². The number of guanidine groups is 1.